The Morgan fingerprint density at radius 1 is 1.38 bits per heavy atom. The maximum atomic E-state index is 10.9. The van der Waals surface area contributed by atoms with Crippen LogP contribution >= 0.6 is 0 Å². The highest BCUT2D eigenvalue weighted by atomic mass is 16.5. The SMILES string of the molecule is COc1cccc(CN(C)c2ccc(C(=O)O)cc2N)n1. The van der Waals surface area contributed by atoms with Crippen molar-refractivity contribution in [2.75, 3.05) is 24.8 Å². The number of anilines is 2. The van der Waals surface area contributed by atoms with Crippen molar-refractivity contribution in [3.05, 3.63) is 47.7 Å². The molecule has 0 saturated heterocycles. The van der Waals surface area contributed by atoms with E-state index in [1.165, 1.54) is 12.1 Å². The van der Waals surface area contributed by atoms with Gasteiger partial charge in [0.25, 0.3) is 0 Å². The Bertz CT molecular complexity index is 658. The van der Waals surface area contributed by atoms with Crippen LogP contribution in [0.3, 0.4) is 0 Å². The van der Waals surface area contributed by atoms with E-state index in [0.717, 1.165) is 11.4 Å². The van der Waals surface area contributed by atoms with Gasteiger partial charge < -0.3 is 20.5 Å². The van der Waals surface area contributed by atoms with Gasteiger partial charge in [0.05, 0.1) is 36.3 Å². The number of hydrogen-bond acceptors (Lipinski definition) is 5. The first-order valence-electron chi connectivity index (χ1n) is 6.35. The van der Waals surface area contributed by atoms with E-state index >= 15 is 0 Å². The monoisotopic (exact) mass is 287 g/mol. The fourth-order valence-corrected chi connectivity index (χ4v) is 2.02. The highest BCUT2D eigenvalue weighted by Gasteiger charge is 2.10. The summed E-state index contributed by atoms with van der Waals surface area (Å²) in [6.07, 6.45) is 0. The summed E-state index contributed by atoms with van der Waals surface area (Å²) < 4.78 is 5.09. The Morgan fingerprint density at radius 3 is 2.76 bits per heavy atom. The Kier molecular flexibility index (Phi) is 4.27. The summed E-state index contributed by atoms with van der Waals surface area (Å²) in [4.78, 5) is 17.1. The number of carboxylic acids is 1. The Balaban J connectivity index is 2.19. The first kappa shape index (κ1) is 14.6. The van der Waals surface area contributed by atoms with Gasteiger partial charge in [-0.25, -0.2) is 9.78 Å². The number of carbonyl (C=O) groups is 1. The standard InChI is InChI=1S/C15H17N3O3/c1-18(9-11-4-3-5-14(17-11)21-2)13-7-6-10(15(19)20)8-12(13)16/h3-8H,9,16H2,1-2H3,(H,19,20). The Hall–Kier alpha value is -2.76. The number of benzene rings is 1. The lowest BCUT2D eigenvalue weighted by Gasteiger charge is -2.21. The number of rotatable bonds is 5. The van der Waals surface area contributed by atoms with E-state index < -0.39 is 5.97 Å². The van der Waals surface area contributed by atoms with Crippen molar-refractivity contribution in [1.82, 2.24) is 4.98 Å². The molecule has 6 heteroatoms. The normalized spacial score (nSPS) is 10.2. The van der Waals surface area contributed by atoms with Crippen LogP contribution in [-0.4, -0.2) is 30.2 Å². The highest BCUT2D eigenvalue weighted by Crippen LogP contribution is 2.24. The van der Waals surface area contributed by atoms with Gasteiger partial charge in [0.15, 0.2) is 0 Å². The molecule has 0 radical (unpaired) electrons. The molecule has 6 nitrogen and oxygen atoms in total. The van der Waals surface area contributed by atoms with E-state index in [1.54, 1.807) is 19.2 Å². The van der Waals surface area contributed by atoms with Crippen LogP contribution in [0, 0.1) is 0 Å². The van der Waals surface area contributed by atoms with Crippen molar-refractivity contribution in [2.45, 2.75) is 6.54 Å². The number of carboxylic acid groups (broad SMARTS) is 1. The highest BCUT2D eigenvalue weighted by molar-refractivity contribution is 5.90. The summed E-state index contributed by atoms with van der Waals surface area (Å²) in [7, 11) is 3.44. The number of nitrogen functional groups attached to an aromatic ring is 1. The molecule has 0 aliphatic carbocycles. The predicted octanol–water partition coefficient (Wildman–Crippen LogP) is 2.01. The van der Waals surface area contributed by atoms with Gasteiger partial charge >= 0.3 is 5.97 Å². The van der Waals surface area contributed by atoms with E-state index in [2.05, 4.69) is 4.98 Å². The number of hydrogen-bond donors (Lipinski definition) is 2. The summed E-state index contributed by atoms with van der Waals surface area (Å²) in [6, 6.07) is 10.2. The van der Waals surface area contributed by atoms with Gasteiger partial charge in [-0.3, -0.25) is 0 Å². The second kappa shape index (κ2) is 6.13. The fraction of sp³-hybridized carbons (Fsp3) is 0.200. The van der Waals surface area contributed by atoms with Crippen LogP contribution in [0.4, 0.5) is 11.4 Å². The summed E-state index contributed by atoms with van der Waals surface area (Å²) in [5.74, 6) is -0.444. The zero-order valence-corrected chi connectivity index (χ0v) is 11.9. The predicted molar refractivity (Wildman–Crippen MR) is 80.7 cm³/mol. The number of aromatic nitrogens is 1. The lowest BCUT2D eigenvalue weighted by Crippen LogP contribution is -2.19. The largest absolute Gasteiger partial charge is 0.481 e. The lowest BCUT2D eigenvalue weighted by atomic mass is 10.1. The van der Waals surface area contributed by atoms with E-state index in [1.807, 2.05) is 24.1 Å². The molecule has 0 amide bonds. The molecule has 0 spiro atoms. The maximum Gasteiger partial charge on any atom is 0.335 e. The minimum Gasteiger partial charge on any atom is -0.481 e. The van der Waals surface area contributed by atoms with Gasteiger partial charge in [-0.2, -0.15) is 0 Å². The van der Waals surface area contributed by atoms with E-state index in [0.29, 0.717) is 18.1 Å². The van der Waals surface area contributed by atoms with Crippen molar-refractivity contribution < 1.29 is 14.6 Å². The van der Waals surface area contributed by atoms with Gasteiger partial charge in [-0.15, -0.1) is 0 Å². The number of aromatic carboxylic acids is 1. The molecule has 1 aromatic heterocycles. The quantitative estimate of drug-likeness (QED) is 0.818. The number of nitrogens with zero attached hydrogens (tertiary/aromatic N) is 2. The molecule has 0 aliphatic heterocycles. The third kappa shape index (κ3) is 3.42. The number of methoxy groups -OCH3 is 1. The lowest BCUT2D eigenvalue weighted by molar-refractivity contribution is 0.0697. The minimum atomic E-state index is -0.995. The smallest absolute Gasteiger partial charge is 0.335 e. The average molecular weight is 287 g/mol. The molecule has 0 atom stereocenters. The molecule has 2 aromatic rings. The van der Waals surface area contributed by atoms with Gasteiger partial charge in [-0.1, -0.05) is 6.07 Å². The molecule has 1 aromatic carbocycles. The second-order valence-corrected chi connectivity index (χ2v) is 4.61. The summed E-state index contributed by atoms with van der Waals surface area (Å²) in [6.45, 7) is 0.536. The van der Waals surface area contributed by atoms with E-state index in [-0.39, 0.29) is 5.56 Å². The Labute approximate surface area is 122 Å². The molecule has 110 valence electrons. The van der Waals surface area contributed by atoms with Gasteiger partial charge in [0.1, 0.15) is 0 Å². The first-order chi connectivity index (χ1) is 10.0. The van der Waals surface area contributed by atoms with Crippen molar-refractivity contribution in [3.8, 4) is 5.88 Å². The number of pyridine rings is 1. The molecular weight excluding hydrogens is 270 g/mol. The molecule has 3 N–H and O–H groups in total. The fourth-order valence-electron chi connectivity index (χ4n) is 2.02. The van der Waals surface area contributed by atoms with Gasteiger partial charge in [0.2, 0.25) is 5.88 Å². The molecule has 2 rings (SSSR count). The van der Waals surface area contributed by atoms with Crippen molar-refractivity contribution in [2.24, 2.45) is 0 Å². The molecule has 0 aliphatic rings. The molecule has 0 saturated carbocycles. The number of nitrogens with two attached hydrogens (primary N) is 1. The zero-order chi connectivity index (χ0) is 15.4. The summed E-state index contributed by atoms with van der Waals surface area (Å²) >= 11 is 0. The molecule has 1 heterocycles. The van der Waals surface area contributed by atoms with Crippen LogP contribution in [0.25, 0.3) is 0 Å². The topological polar surface area (TPSA) is 88.7 Å². The second-order valence-electron chi connectivity index (χ2n) is 4.61. The summed E-state index contributed by atoms with van der Waals surface area (Å²) in [5.41, 5.74) is 8.09. The molecule has 0 bridgehead atoms. The maximum absolute atomic E-state index is 10.9. The first-order valence-corrected chi connectivity index (χ1v) is 6.35. The summed E-state index contributed by atoms with van der Waals surface area (Å²) in [5, 5.41) is 8.94. The molecule has 21 heavy (non-hydrogen) atoms. The van der Waals surface area contributed by atoms with Crippen LogP contribution in [0.1, 0.15) is 16.1 Å². The van der Waals surface area contributed by atoms with Crippen molar-refractivity contribution in [1.29, 1.82) is 0 Å². The van der Waals surface area contributed by atoms with E-state index in [9.17, 15) is 4.79 Å². The third-order valence-electron chi connectivity index (χ3n) is 3.08. The average Bonchev–Trinajstić information content (AvgIpc) is 2.47. The van der Waals surface area contributed by atoms with Gasteiger partial charge in [0, 0.05) is 13.1 Å². The molecular formula is C15H17N3O3. The van der Waals surface area contributed by atoms with Crippen LogP contribution < -0.4 is 15.4 Å². The van der Waals surface area contributed by atoms with Crippen molar-refractivity contribution in [3.63, 3.8) is 0 Å². The number of ether oxygens (including phenoxy) is 1. The van der Waals surface area contributed by atoms with Crippen molar-refractivity contribution >= 4 is 17.3 Å². The van der Waals surface area contributed by atoms with Crippen LogP contribution in [0.5, 0.6) is 5.88 Å². The third-order valence-corrected chi connectivity index (χ3v) is 3.08. The van der Waals surface area contributed by atoms with Crippen LogP contribution in [0.2, 0.25) is 0 Å². The Morgan fingerprint density at radius 2 is 2.14 bits per heavy atom. The molecule has 0 unspecified atom stereocenters. The van der Waals surface area contributed by atoms with Crippen LogP contribution in [-0.2, 0) is 6.54 Å². The molecule has 0 fully saturated rings. The minimum absolute atomic E-state index is 0.171. The van der Waals surface area contributed by atoms with Gasteiger partial charge in [-0.05, 0) is 24.3 Å². The van der Waals surface area contributed by atoms with E-state index in [4.69, 9.17) is 15.6 Å². The van der Waals surface area contributed by atoms with Crippen LogP contribution in [0.15, 0.2) is 36.4 Å². The zero-order valence-electron chi connectivity index (χ0n) is 11.9.